The number of nitrogens with one attached hydrogen (secondary N) is 1. The number of aliphatic hydroxyl groups is 2. The van der Waals surface area contributed by atoms with E-state index in [2.05, 4.69) is 5.32 Å². The van der Waals surface area contributed by atoms with Gasteiger partial charge in [0.05, 0.1) is 24.2 Å². The Labute approximate surface area is 147 Å². The summed E-state index contributed by atoms with van der Waals surface area (Å²) < 4.78 is 0. The van der Waals surface area contributed by atoms with E-state index in [0.29, 0.717) is 16.1 Å². The molecule has 0 fully saturated rings. The molecule has 2 aromatic carbocycles. The maximum absolute atomic E-state index is 12.2. The molecule has 0 spiro atoms. The van der Waals surface area contributed by atoms with Crippen LogP contribution in [0.3, 0.4) is 0 Å². The van der Waals surface area contributed by atoms with Crippen LogP contribution in [-0.2, 0) is 10.4 Å². The Morgan fingerprint density at radius 3 is 2.33 bits per heavy atom. The van der Waals surface area contributed by atoms with Gasteiger partial charge >= 0.3 is 0 Å². The van der Waals surface area contributed by atoms with Crippen LogP contribution >= 0.6 is 11.6 Å². The van der Waals surface area contributed by atoms with Crippen molar-refractivity contribution < 1.29 is 15.0 Å². The molecule has 0 bridgehead atoms. The molecule has 0 saturated heterocycles. The quantitative estimate of drug-likeness (QED) is 0.751. The van der Waals surface area contributed by atoms with Crippen molar-refractivity contribution >= 4 is 17.5 Å². The predicted octanol–water partition coefficient (Wildman–Crippen LogP) is 3.18. The maximum Gasteiger partial charge on any atom is 0.223 e. The highest BCUT2D eigenvalue weighted by Gasteiger charge is 2.28. The number of benzene rings is 2. The Bertz CT molecular complexity index is 671. The summed E-state index contributed by atoms with van der Waals surface area (Å²) in [5, 5.41) is 24.2. The number of hydrogen-bond acceptors (Lipinski definition) is 3. The summed E-state index contributed by atoms with van der Waals surface area (Å²) in [5.74, 6) is -0.329. The molecular formula is C19H22ClNO3. The van der Waals surface area contributed by atoms with Gasteiger partial charge < -0.3 is 15.5 Å². The summed E-state index contributed by atoms with van der Waals surface area (Å²) >= 11 is 5.83. The molecule has 3 atom stereocenters. The summed E-state index contributed by atoms with van der Waals surface area (Å²) in [6, 6.07) is 15.4. The van der Waals surface area contributed by atoms with Crippen molar-refractivity contribution in [3.63, 3.8) is 0 Å². The second kappa shape index (κ2) is 7.79. The van der Waals surface area contributed by atoms with E-state index in [9.17, 15) is 15.0 Å². The molecule has 0 aromatic heterocycles. The third-order valence-corrected chi connectivity index (χ3v) is 4.23. The first kappa shape index (κ1) is 18.5. The Morgan fingerprint density at radius 2 is 1.75 bits per heavy atom. The fraction of sp³-hybridized carbons (Fsp3) is 0.316. The number of carbonyl (C=O) groups excluding carboxylic acids is 1. The number of aliphatic hydroxyl groups excluding tert-OH is 1. The Morgan fingerprint density at radius 1 is 1.17 bits per heavy atom. The van der Waals surface area contributed by atoms with Crippen molar-refractivity contribution in [2.75, 3.05) is 0 Å². The van der Waals surface area contributed by atoms with Crippen LogP contribution in [0.1, 0.15) is 37.5 Å². The van der Waals surface area contributed by atoms with E-state index in [1.807, 2.05) is 18.2 Å². The van der Waals surface area contributed by atoms with Gasteiger partial charge in [0.15, 0.2) is 0 Å². The van der Waals surface area contributed by atoms with Gasteiger partial charge in [-0.2, -0.15) is 0 Å². The summed E-state index contributed by atoms with van der Waals surface area (Å²) in [4.78, 5) is 12.2. The van der Waals surface area contributed by atoms with E-state index in [1.165, 1.54) is 0 Å². The lowest BCUT2D eigenvalue weighted by atomic mass is 9.92. The van der Waals surface area contributed by atoms with Gasteiger partial charge in [-0.1, -0.05) is 54.1 Å². The highest BCUT2D eigenvalue weighted by Crippen LogP contribution is 2.25. The van der Waals surface area contributed by atoms with Crippen LogP contribution in [0.5, 0.6) is 0 Å². The summed E-state index contributed by atoms with van der Waals surface area (Å²) in [6.07, 6.45) is -0.942. The topological polar surface area (TPSA) is 69.6 Å². The molecule has 3 unspecified atom stereocenters. The van der Waals surface area contributed by atoms with Crippen LogP contribution in [0.4, 0.5) is 0 Å². The minimum absolute atomic E-state index is 0.0886. The molecule has 4 nitrogen and oxygen atoms in total. The molecule has 1 amide bonds. The van der Waals surface area contributed by atoms with Crippen LogP contribution in [0.15, 0.2) is 54.6 Å². The number of carbonyl (C=O) groups is 1. The smallest absolute Gasteiger partial charge is 0.223 e. The first-order valence-corrected chi connectivity index (χ1v) is 8.18. The van der Waals surface area contributed by atoms with Gasteiger partial charge in [-0.05, 0) is 37.1 Å². The summed E-state index contributed by atoms with van der Waals surface area (Å²) in [6.45, 7) is 3.32. The molecule has 0 aliphatic carbocycles. The predicted molar refractivity (Wildman–Crippen MR) is 94.6 cm³/mol. The molecule has 5 heteroatoms. The number of hydrogen-bond donors (Lipinski definition) is 3. The number of amides is 1. The SMILES string of the molecule is CC(NC(=O)CC(C)(O)c1ccccc1)C(O)c1ccc(Cl)cc1. The van der Waals surface area contributed by atoms with Crippen LogP contribution in [0.25, 0.3) is 0 Å². The molecule has 2 aromatic rings. The first-order valence-electron chi connectivity index (χ1n) is 7.80. The minimum atomic E-state index is -1.27. The second-order valence-electron chi connectivity index (χ2n) is 6.17. The molecule has 2 rings (SSSR count). The van der Waals surface area contributed by atoms with Gasteiger partial charge in [-0.25, -0.2) is 0 Å². The van der Waals surface area contributed by atoms with E-state index >= 15 is 0 Å². The van der Waals surface area contributed by atoms with Gasteiger partial charge in [0.2, 0.25) is 5.91 Å². The van der Waals surface area contributed by atoms with Crippen LogP contribution in [-0.4, -0.2) is 22.2 Å². The number of rotatable bonds is 6. The van der Waals surface area contributed by atoms with E-state index in [-0.39, 0.29) is 12.3 Å². The molecule has 0 aliphatic rings. The zero-order chi connectivity index (χ0) is 17.7. The minimum Gasteiger partial charge on any atom is -0.386 e. The summed E-state index contributed by atoms with van der Waals surface area (Å²) in [7, 11) is 0. The largest absolute Gasteiger partial charge is 0.386 e. The van der Waals surface area contributed by atoms with Crippen molar-refractivity contribution in [3.8, 4) is 0 Å². The van der Waals surface area contributed by atoms with Crippen LogP contribution in [0, 0.1) is 0 Å². The lowest BCUT2D eigenvalue weighted by Gasteiger charge is -2.26. The Balaban J connectivity index is 1.97. The van der Waals surface area contributed by atoms with Crippen molar-refractivity contribution in [1.29, 1.82) is 0 Å². The normalized spacial score (nSPS) is 16.0. The molecule has 0 saturated carbocycles. The molecule has 3 N–H and O–H groups in total. The zero-order valence-electron chi connectivity index (χ0n) is 13.7. The highest BCUT2D eigenvalue weighted by molar-refractivity contribution is 6.30. The fourth-order valence-corrected chi connectivity index (χ4v) is 2.67. The lowest BCUT2D eigenvalue weighted by Crippen LogP contribution is -2.40. The van der Waals surface area contributed by atoms with E-state index in [0.717, 1.165) is 0 Å². The second-order valence-corrected chi connectivity index (χ2v) is 6.61. The summed E-state index contributed by atoms with van der Waals surface area (Å²) in [5.41, 5.74) is 0.0732. The third kappa shape index (κ3) is 4.81. The van der Waals surface area contributed by atoms with Crippen molar-refractivity contribution in [3.05, 3.63) is 70.7 Å². The van der Waals surface area contributed by atoms with Crippen LogP contribution < -0.4 is 5.32 Å². The Hall–Kier alpha value is -1.88. The molecule has 0 radical (unpaired) electrons. The average Bonchev–Trinajstić information content (AvgIpc) is 2.55. The van der Waals surface area contributed by atoms with Crippen molar-refractivity contribution in [1.82, 2.24) is 5.32 Å². The molecule has 128 valence electrons. The highest BCUT2D eigenvalue weighted by atomic mass is 35.5. The van der Waals surface area contributed by atoms with E-state index in [1.54, 1.807) is 50.2 Å². The fourth-order valence-electron chi connectivity index (χ4n) is 2.54. The molecule has 0 aliphatic heterocycles. The standard InChI is InChI=1S/C19H22ClNO3/c1-13(18(23)14-8-10-16(20)11-9-14)21-17(22)12-19(2,24)15-6-4-3-5-7-15/h3-11,13,18,23-24H,12H2,1-2H3,(H,21,22). The first-order chi connectivity index (χ1) is 11.3. The van der Waals surface area contributed by atoms with E-state index < -0.39 is 17.7 Å². The average molecular weight is 348 g/mol. The molecule has 0 heterocycles. The van der Waals surface area contributed by atoms with Crippen molar-refractivity contribution in [2.24, 2.45) is 0 Å². The van der Waals surface area contributed by atoms with Crippen molar-refractivity contribution in [2.45, 2.75) is 38.0 Å². The van der Waals surface area contributed by atoms with Crippen LogP contribution in [0.2, 0.25) is 5.02 Å². The monoisotopic (exact) mass is 347 g/mol. The van der Waals surface area contributed by atoms with Gasteiger partial charge in [0.25, 0.3) is 0 Å². The van der Waals surface area contributed by atoms with Gasteiger partial charge in [0.1, 0.15) is 0 Å². The van der Waals surface area contributed by atoms with Gasteiger partial charge in [-0.15, -0.1) is 0 Å². The Kier molecular flexibility index (Phi) is 5.99. The zero-order valence-corrected chi connectivity index (χ0v) is 14.5. The van der Waals surface area contributed by atoms with Gasteiger partial charge in [0, 0.05) is 5.02 Å². The van der Waals surface area contributed by atoms with Gasteiger partial charge in [-0.3, -0.25) is 4.79 Å². The lowest BCUT2D eigenvalue weighted by molar-refractivity contribution is -0.127. The van der Waals surface area contributed by atoms with E-state index in [4.69, 9.17) is 11.6 Å². The molecular weight excluding hydrogens is 326 g/mol. The molecule has 24 heavy (non-hydrogen) atoms. The third-order valence-electron chi connectivity index (χ3n) is 3.97. The maximum atomic E-state index is 12.2. The number of halogens is 1.